The van der Waals surface area contributed by atoms with Gasteiger partial charge < -0.3 is 0 Å². The van der Waals surface area contributed by atoms with E-state index in [1.807, 2.05) is 6.07 Å². The molecule has 0 radical (unpaired) electrons. The molecule has 2 nitrogen and oxygen atoms in total. The Morgan fingerprint density at radius 2 is 0.983 bits per heavy atom. The van der Waals surface area contributed by atoms with Gasteiger partial charge in [0.05, 0.1) is 17.8 Å². The van der Waals surface area contributed by atoms with Gasteiger partial charge in [0, 0.05) is 27.1 Å². The van der Waals surface area contributed by atoms with Crippen LogP contribution in [0.1, 0.15) is 25.0 Å². The van der Waals surface area contributed by atoms with E-state index in [1.54, 1.807) is 0 Å². The maximum atomic E-state index is 7.69. The smallest absolute Gasteiger partial charge is 0.187 e. The lowest BCUT2D eigenvalue weighted by atomic mass is 9.80. The number of hydrogen-bond acceptors (Lipinski definition) is 1. The first kappa shape index (κ1) is 33.5. The van der Waals surface area contributed by atoms with Gasteiger partial charge in [0.15, 0.2) is 5.69 Å². The lowest BCUT2D eigenvalue weighted by molar-refractivity contribution is 0.661. The Hall–Kier alpha value is -7.60. The summed E-state index contributed by atoms with van der Waals surface area (Å²) in [6.45, 7) is 12.3. The first-order chi connectivity index (χ1) is 29.0. The Labute approximate surface area is 342 Å². The molecular weight excluding hydrogens is 713 g/mol. The van der Waals surface area contributed by atoms with Crippen LogP contribution in [0.3, 0.4) is 0 Å². The topological polar surface area (TPSA) is 17.2 Å². The standard InChI is InChI=1S/C57H36N2/c1-57(2)50-30-37(25-27-40(50)41-28-26-38(58-3)32-51(41)57)53-43-21-11-13-23-45(43)54(46-24-14-12-22-44(46)53)47-33-49-55(42-20-10-9-19-39(42)47)48-29-35-17-7-8-18-36(35)31-52(48)59-56(49)34-15-5-4-6-16-34/h4-33H,1-2H3. The molecule has 0 spiro atoms. The van der Waals surface area contributed by atoms with Crippen molar-refractivity contribution in [1.82, 2.24) is 4.98 Å². The molecule has 11 aromatic rings. The molecule has 1 aliphatic carbocycles. The zero-order valence-corrected chi connectivity index (χ0v) is 32.7. The van der Waals surface area contributed by atoms with E-state index in [0.717, 1.165) is 27.5 Å². The molecular formula is C57H36N2. The second-order valence-corrected chi connectivity index (χ2v) is 16.5. The van der Waals surface area contributed by atoms with Crippen molar-refractivity contribution in [2.75, 3.05) is 0 Å². The van der Waals surface area contributed by atoms with Crippen molar-refractivity contribution < 1.29 is 0 Å². The number of rotatable bonds is 3. The fourth-order valence-corrected chi connectivity index (χ4v) is 10.3. The van der Waals surface area contributed by atoms with Crippen LogP contribution in [-0.2, 0) is 5.41 Å². The van der Waals surface area contributed by atoms with Gasteiger partial charge in [-0.15, -0.1) is 0 Å². The number of aromatic nitrogens is 1. The van der Waals surface area contributed by atoms with Crippen LogP contribution < -0.4 is 0 Å². The van der Waals surface area contributed by atoms with Crippen molar-refractivity contribution in [2.24, 2.45) is 0 Å². The van der Waals surface area contributed by atoms with Gasteiger partial charge in [0.1, 0.15) is 0 Å². The van der Waals surface area contributed by atoms with Crippen molar-refractivity contribution in [3.05, 3.63) is 205 Å². The third kappa shape index (κ3) is 4.83. The molecule has 2 heteroatoms. The quantitative estimate of drug-likeness (QED) is 0.0999. The predicted molar refractivity (Wildman–Crippen MR) is 249 cm³/mol. The molecule has 0 amide bonds. The van der Waals surface area contributed by atoms with E-state index in [-0.39, 0.29) is 5.41 Å². The van der Waals surface area contributed by atoms with Crippen molar-refractivity contribution in [3.8, 4) is 44.6 Å². The Morgan fingerprint density at radius 3 is 1.66 bits per heavy atom. The molecule has 59 heavy (non-hydrogen) atoms. The highest BCUT2D eigenvalue weighted by atomic mass is 14.7. The van der Waals surface area contributed by atoms with Gasteiger partial charge in [0.25, 0.3) is 0 Å². The molecule has 0 N–H and O–H groups in total. The molecule has 0 atom stereocenters. The zero-order valence-electron chi connectivity index (χ0n) is 32.7. The third-order valence-electron chi connectivity index (χ3n) is 13.0. The van der Waals surface area contributed by atoms with Crippen LogP contribution in [0.25, 0.3) is 114 Å². The molecule has 10 aromatic carbocycles. The molecule has 1 aliphatic rings. The molecule has 1 heterocycles. The maximum absolute atomic E-state index is 7.69. The van der Waals surface area contributed by atoms with E-state index in [9.17, 15) is 0 Å². The van der Waals surface area contributed by atoms with Crippen LogP contribution >= 0.6 is 0 Å². The zero-order chi connectivity index (χ0) is 39.4. The van der Waals surface area contributed by atoms with Crippen LogP contribution in [-0.4, -0.2) is 4.98 Å². The van der Waals surface area contributed by atoms with Crippen molar-refractivity contribution in [1.29, 1.82) is 0 Å². The van der Waals surface area contributed by atoms with Crippen molar-refractivity contribution in [3.63, 3.8) is 0 Å². The Kier molecular flexibility index (Phi) is 7.07. The largest absolute Gasteiger partial charge is 0.247 e. The van der Waals surface area contributed by atoms with E-state index in [2.05, 4.69) is 195 Å². The lowest BCUT2D eigenvalue weighted by Crippen LogP contribution is -2.15. The molecule has 12 rings (SSSR count). The number of benzene rings is 10. The Bertz CT molecular complexity index is 3590. The van der Waals surface area contributed by atoms with Gasteiger partial charge >= 0.3 is 0 Å². The number of hydrogen-bond donors (Lipinski definition) is 0. The Balaban J connectivity index is 1.18. The average Bonchev–Trinajstić information content (AvgIpc) is 3.51. The molecule has 274 valence electrons. The molecule has 0 fully saturated rings. The second-order valence-electron chi connectivity index (χ2n) is 16.5. The van der Waals surface area contributed by atoms with Crippen LogP contribution in [0.2, 0.25) is 0 Å². The minimum absolute atomic E-state index is 0.238. The fraction of sp³-hybridized carbons (Fsp3) is 0.0526. The highest BCUT2D eigenvalue weighted by molar-refractivity contribution is 6.30. The third-order valence-corrected chi connectivity index (χ3v) is 13.0. The maximum Gasteiger partial charge on any atom is 0.187 e. The van der Waals surface area contributed by atoms with Gasteiger partial charge in [-0.05, 0) is 112 Å². The number of nitrogens with zero attached hydrogens (tertiary/aromatic N) is 2. The monoisotopic (exact) mass is 748 g/mol. The molecule has 0 saturated heterocycles. The van der Waals surface area contributed by atoms with Crippen molar-refractivity contribution in [2.45, 2.75) is 19.3 Å². The molecule has 0 aliphatic heterocycles. The number of fused-ring (bicyclic) bond motifs is 11. The molecule has 0 bridgehead atoms. The second kappa shape index (κ2) is 12.4. The summed E-state index contributed by atoms with van der Waals surface area (Å²) in [5.74, 6) is 0. The lowest BCUT2D eigenvalue weighted by Gasteiger charge is -2.23. The summed E-state index contributed by atoms with van der Waals surface area (Å²) >= 11 is 0. The highest BCUT2D eigenvalue weighted by Crippen LogP contribution is 2.53. The minimum Gasteiger partial charge on any atom is -0.247 e. The summed E-state index contributed by atoms with van der Waals surface area (Å²) in [5, 5.41) is 13.3. The van der Waals surface area contributed by atoms with E-state index in [4.69, 9.17) is 11.6 Å². The SMILES string of the molecule is [C-]#[N+]c1ccc2c(c1)C(C)(C)c1cc(-c3c4ccccc4c(-c4cc5c(-c6ccccc6)nc6cc7ccccc7cc6c5c5ccccc45)c4ccccc34)ccc1-2. The van der Waals surface area contributed by atoms with E-state index < -0.39 is 0 Å². The summed E-state index contributed by atoms with van der Waals surface area (Å²) in [6.07, 6.45) is 0. The summed E-state index contributed by atoms with van der Waals surface area (Å²) in [4.78, 5) is 9.26. The van der Waals surface area contributed by atoms with Gasteiger partial charge in [0.2, 0.25) is 0 Å². The minimum atomic E-state index is -0.238. The van der Waals surface area contributed by atoms with E-state index >= 15 is 0 Å². The van der Waals surface area contributed by atoms with Gasteiger partial charge in [-0.3, -0.25) is 0 Å². The van der Waals surface area contributed by atoms with Gasteiger partial charge in [-0.1, -0.05) is 172 Å². The first-order valence-electron chi connectivity index (χ1n) is 20.3. The van der Waals surface area contributed by atoms with E-state index in [1.165, 1.54) is 93.0 Å². The molecule has 0 saturated carbocycles. The summed E-state index contributed by atoms with van der Waals surface area (Å²) < 4.78 is 0. The molecule has 0 unspecified atom stereocenters. The average molecular weight is 749 g/mol. The Morgan fingerprint density at radius 1 is 0.424 bits per heavy atom. The van der Waals surface area contributed by atoms with Crippen LogP contribution in [0.15, 0.2) is 182 Å². The summed E-state index contributed by atoms with van der Waals surface area (Å²) in [5.41, 5.74) is 13.4. The van der Waals surface area contributed by atoms with E-state index in [0.29, 0.717) is 5.69 Å². The predicted octanol–water partition coefficient (Wildman–Crippen LogP) is 15.9. The highest BCUT2D eigenvalue weighted by Gasteiger charge is 2.36. The first-order valence-corrected chi connectivity index (χ1v) is 20.3. The van der Waals surface area contributed by atoms with Crippen LogP contribution in [0.5, 0.6) is 0 Å². The number of pyridine rings is 1. The summed E-state index contributed by atoms with van der Waals surface area (Å²) in [7, 11) is 0. The van der Waals surface area contributed by atoms with Gasteiger partial charge in [-0.2, -0.15) is 0 Å². The summed E-state index contributed by atoms with van der Waals surface area (Å²) in [6, 6.07) is 66.4. The van der Waals surface area contributed by atoms with Crippen LogP contribution in [0.4, 0.5) is 5.69 Å². The van der Waals surface area contributed by atoms with Gasteiger partial charge in [-0.25, -0.2) is 9.83 Å². The molecule has 1 aromatic heterocycles. The normalized spacial score (nSPS) is 13.0. The fourth-order valence-electron chi connectivity index (χ4n) is 10.3. The van der Waals surface area contributed by atoms with Crippen molar-refractivity contribution >= 4 is 70.5 Å². The van der Waals surface area contributed by atoms with Crippen LogP contribution in [0, 0.1) is 6.57 Å².